The first-order chi connectivity index (χ1) is 9.74. The fourth-order valence-electron chi connectivity index (χ4n) is 1.86. The number of hydrogen-bond donors (Lipinski definition) is 1. The van der Waals surface area contributed by atoms with Crippen LogP contribution >= 0.6 is 11.8 Å². The van der Waals surface area contributed by atoms with E-state index in [1.807, 2.05) is 19.1 Å². The Kier molecular flexibility index (Phi) is 3.82. The zero-order valence-electron chi connectivity index (χ0n) is 11.6. The van der Waals surface area contributed by atoms with Gasteiger partial charge >= 0.3 is 0 Å². The van der Waals surface area contributed by atoms with Crippen molar-refractivity contribution in [2.45, 2.75) is 42.8 Å². The quantitative estimate of drug-likeness (QED) is 0.673. The van der Waals surface area contributed by atoms with Gasteiger partial charge in [-0.3, -0.25) is 0 Å². The maximum absolute atomic E-state index is 4.63. The lowest BCUT2D eigenvalue weighted by atomic mass is 10.4. The van der Waals surface area contributed by atoms with Gasteiger partial charge in [-0.1, -0.05) is 0 Å². The monoisotopic (exact) mass is 287 g/mol. The van der Waals surface area contributed by atoms with Gasteiger partial charge in [-0.2, -0.15) is 0 Å². The van der Waals surface area contributed by atoms with Crippen molar-refractivity contribution in [3.8, 4) is 0 Å². The van der Waals surface area contributed by atoms with E-state index >= 15 is 0 Å². The Morgan fingerprint density at radius 3 is 2.85 bits per heavy atom. The zero-order valence-corrected chi connectivity index (χ0v) is 12.4. The number of nitrogens with zero attached hydrogens (tertiary/aromatic N) is 4. The van der Waals surface area contributed by atoms with E-state index in [1.165, 1.54) is 24.6 Å². The maximum atomic E-state index is 4.63. The lowest BCUT2D eigenvalue weighted by Crippen LogP contribution is -2.04. The first-order valence-corrected chi connectivity index (χ1v) is 7.66. The third kappa shape index (κ3) is 3.25. The Labute approximate surface area is 122 Å². The van der Waals surface area contributed by atoms with Gasteiger partial charge in [-0.15, -0.1) is 0 Å². The van der Waals surface area contributed by atoms with Crippen molar-refractivity contribution in [1.29, 1.82) is 0 Å². The van der Waals surface area contributed by atoms with Crippen molar-refractivity contribution in [3.63, 3.8) is 0 Å². The van der Waals surface area contributed by atoms with Crippen molar-refractivity contribution < 1.29 is 0 Å². The summed E-state index contributed by atoms with van der Waals surface area (Å²) in [7, 11) is 0. The van der Waals surface area contributed by atoms with Crippen LogP contribution in [0.25, 0.3) is 0 Å². The summed E-state index contributed by atoms with van der Waals surface area (Å²) in [4.78, 5) is 17.9. The van der Waals surface area contributed by atoms with E-state index in [0.29, 0.717) is 5.92 Å². The highest BCUT2D eigenvalue weighted by Gasteiger charge is 2.27. The van der Waals surface area contributed by atoms with Gasteiger partial charge in [0, 0.05) is 30.4 Å². The van der Waals surface area contributed by atoms with E-state index in [2.05, 4.69) is 32.2 Å². The van der Waals surface area contributed by atoms with E-state index in [1.54, 1.807) is 6.20 Å². The molecule has 5 nitrogen and oxygen atoms in total. The Hall–Kier alpha value is -1.69. The molecule has 1 N–H and O–H groups in total. The first kappa shape index (κ1) is 13.3. The number of rotatable bonds is 5. The summed E-state index contributed by atoms with van der Waals surface area (Å²) in [5.74, 6) is 2.37. The lowest BCUT2D eigenvalue weighted by Gasteiger charge is -2.07. The molecule has 0 atom stereocenters. The van der Waals surface area contributed by atoms with Crippen LogP contribution in [-0.2, 0) is 0 Å². The molecule has 0 aromatic carbocycles. The maximum Gasteiger partial charge on any atom is 0.194 e. The highest BCUT2D eigenvalue weighted by Crippen LogP contribution is 2.39. The van der Waals surface area contributed by atoms with Crippen LogP contribution in [-0.4, -0.2) is 26.5 Å². The fraction of sp³-hybridized carbons (Fsp3) is 0.429. The van der Waals surface area contributed by atoms with Crippen molar-refractivity contribution in [1.82, 2.24) is 19.9 Å². The van der Waals surface area contributed by atoms with E-state index < -0.39 is 0 Å². The van der Waals surface area contributed by atoms with Gasteiger partial charge in [-0.25, -0.2) is 19.9 Å². The third-order valence-electron chi connectivity index (χ3n) is 2.99. The molecule has 0 spiro atoms. The topological polar surface area (TPSA) is 63.6 Å². The fourth-order valence-corrected chi connectivity index (χ4v) is 2.66. The summed E-state index contributed by atoms with van der Waals surface area (Å²) in [6.45, 7) is 4.88. The highest BCUT2D eigenvalue weighted by molar-refractivity contribution is 7.99. The molecule has 1 fully saturated rings. The van der Waals surface area contributed by atoms with Crippen molar-refractivity contribution in [2.75, 3.05) is 11.9 Å². The van der Waals surface area contributed by atoms with Crippen LogP contribution in [0.2, 0.25) is 0 Å². The molecule has 20 heavy (non-hydrogen) atoms. The van der Waals surface area contributed by atoms with E-state index in [-0.39, 0.29) is 0 Å². The summed E-state index contributed by atoms with van der Waals surface area (Å²) >= 11 is 1.49. The molecule has 0 aliphatic heterocycles. The van der Waals surface area contributed by atoms with Gasteiger partial charge in [0.1, 0.15) is 16.7 Å². The van der Waals surface area contributed by atoms with Crippen LogP contribution < -0.4 is 5.32 Å². The SMILES string of the molecule is CCNc1cc(Sc2nccc(C)n2)nc(C2CC2)n1. The third-order valence-corrected chi connectivity index (χ3v) is 3.79. The molecule has 0 unspecified atom stereocenters. The highest BCUT2D eigenvalue weighted by atomic mass is 32.2. The minimum Gasteiger partial charge on any atom is -0.370 e. The lowest BCUT2D eigenvalue weighted by molar-refractivity contribution is 0.869. The van der Waals surface area contributed by atoms with Gasteiger partial charge < -0.3 is 5.32 Å². The standard InChI is InChI=1S/C14H17N5S/c1-3-15-11-8-12(19-13(18-11)10-4-5-10)20-14-16-7-6-9(2)17-14/h6-8,10H,3-5H2,1-2H3,(H,15,18,19). The second kappa shape index (κ2) is 5.75. The molecule has 2 aromatic rings. The van der Waals surface area contributed by atoms with Crippen LogP contribution in [0.3, 0.4) is 0 Å². The number of aryl methyl sites for hydroxylation is 1. The minimum atomic E-state index is 0.534. The van der Waals surface area contributed by atoms with Crippen molar-refractivity contribution >= 4 is 17.6 Å². The second-order valence-corrected chi connectivity index (χ2v) is 5.82. The molecule has 0 saturated heterocycles. The summed E-state index contributed by atoms with van der Waals surface area (Å²) in [5, 5.41) is 4.90. The Bertz CT molecular complexity index is 612. The predicted octanol–water partition coefficient (Wildman–Crippen LogP) is 3.04. The number of aromatic nitrogens is 4. The second-order valence-electron chi connectivity index (χ2n) is 4.84. The summed E-state index contributed by atoms with van der Waals surface area (Å²) < 4.78 is 0. The number of hydrogen-bond acceptors (Lipinski definition) is 6. The molecule has 2 heterocycles. The van der Waals surface area contributed by atoms with Crippen LogP contribution in [0.15, 0.2) is 28.5 Å². The number of anilines is 1. The molecule has 2 aromatic heterocycles. The molecule has 0 amide bonds. The normalized spacial score (nSPS) is 14.3. The molecule has 0 radical (unpaired) electrons. The molecular weight excluding hydrogens is 270 g/mol. The van der Waals surface area contributed by atoms with Gasteiger partial charge in [0.05, 0.1) is 0 Å². The van der Waals surface area contributed by atoms with Crippen molar-refractivity contribution in [3.05, 3.63) is 29.8 Å². The van der Waals surface area contributed by atoms with E-state index in [0.717, 1.165) is 34.1 Å². The molecule has 1 aliphatic carbocycles. The van der Waals surface area contributed by atoms with Gasteiger partial charge in [0.15, 0.2) is 5.16 Å². The van der Waals surface area contributed by atoms with Crippen LogP contribution in [0.4, 0.5) is 5.82 Å². The molecule has 1 aliphatic rings. The van der Waals surface area contributed by atoms with Crippen LogP contribution in [0.1, 0.15) is 37.2 Å². The molecule has 3 rings (SSSR count). The predicted molar refractivity (Wildman–Crippen MR) is 79.1 cm³/mol. The summed E-state index contributed by atoms with van der Waals surface area (Å²) in [5.41, 5.74) is 0.964. The molecule has 0 bridgehead atoms. The van der Waals surface area contributed by atoms with E-state index in [4.69, 9.17) is 0 Å². The largest absolute Gasteiger partial charge is 0.370 e. The smallest absolute Gasteiger partial charge is 0.194 e. The Morgan fingerprint density at radius 1 is 1.30 bits per heavy atom. The Morgan fingerprint density at radius 2 is 2.15 bits per heavy atom. The van der Waals surface area contributed by atoms with Gasteiger partial charge in [0.25, 0.3) is 0 Å². The van der Waals surface area contributed by atoms with E-state index in [9.17, 15) is 0 Å². The van der Waals surface area contributed by atoms with Crippen molar-refractivity contribution in [2.24, 2.45) is 0 Å². The van der Waals surface area contributed by atoms with Crippen LogP contribution in [0, 0.1) is 6.92 Å². The van der Waals surface area contributed by atoms with Crippen LogP contribution in [0.5, 0.6) is 0 Å². The molecular formula is C14H17N5S. The average Bonchev–Trinajstić information content (AvgIpc) is 3.23. The number of nitrogens with one attached hydrogen (secondary N) is 1. The first-order valence-electron chi connectivity index (χ1n) is 6.85. The van der Waals surface area contributed by atoms with Gasteiger partial charge in [0.2, 0.25) is 0 Å². The molecule has 104 valence electrons. The molecule has 6 heteroatoms. The Balaban J connectivity index is 1.87. The average molecular weight is 287 g/mol. The summed E-state index contributed by atoms with van der Waals surface area (Å²) in [6, 6.07) is 3.86. The molecule has 1 saturated carbocycles. The minimum absolute atomic E-state index is 0.534. The zero-order chi connectivity index (χ0) is 13.9. The van der Waals surface area contributed by atoms with Gasteiger partial charge in [-0.05, 0) is 44.5 Å². The summed E-state index contributed by atoms with van der Waals surface area (Å²) in [6.07, 6.45) is 4.17.